The zero-order valence-corrected chi connectivity index (χ0v) is 20.5. The first-order chi connectivity index (χ1) is 15.6. The van der Waals surface area contributed by atoms with E-state index in [4.69, 9.17) is 4.74 Å². The maximum Gasteiger partial charge on any atom is 0.243 e. The summed E-state index contributed by atoms with van der Waals surface area (Å²) in [6, 6.07) is 10.1. The van der Waals surface area contributed by atoms with Gasteiger partial charge in [-0.3, -0.25) is 9.59 Å². The Balaban J connectivity index is 1.84. The Morgan fingerprint density at radius 3 is 2.52 bits per heavy atom. The van der Waals surface area contributed by atoms with Crippen molar-refractivity contribution in [2.24, 2.45) is 5.92 Å². The van der Waals surface area contributed by atoms with Gasteiger partial charge in [0.25, 0.3) is 0 Å². The Bertz CT molecular complexity index is 1160. The molecule has 1 saturated heterocycles. The van der Waals surface area contributed by atoms with E-state index in [1.807, 2.05) is 32.0 Å². The van der Waals surface area contributed by atoms with Crippen LogP contribution in [0.2, 0.25) is 0 Å². The lowest BCUT2D eigenvalue weighted by Crippen LogP contribution is -2.31. The minimum atomic E-state index is -3.70. The summed E-state index contributed by atoms with van der Waals surface area (Å²) < 4.78 is 32.5. The molecule has 2 aromatic carbocycles. The second-order valence-electron chi connectivity index (χ2n) is 8.07. The van der Waals surface area contributed by atoms with Crippen LogP contribution in [0, 0.1) is 19.8 Å². The fourth-order valence-electron chi connectivity index (χ4n) is 4.04. The number of hydrogen-bond donors (Lipinski definition) is 1. The van der Waals surface area contributed by atoms with Crippen molar-refractivity contribution in [3.05, 3.63) is 47.5 Å². The Kier molecular flexibility index (Phi) is 7.44. The van der Waals surface area contributed by atoms with E-state index in [9.17, 15) is 18.0 Å². The lowest BCUT2D eigenvalue weighted by atomic mass is 10.1. The standard InChI is InChI=1S/C24H31N3O5S/c1-6-26(7-2)33(30,31)19-11-12-22(32-5)20(14-19)25-24(29)18-13-23(28)27(15-18)21-10-8-9-16(3)17(21)4/h8-12,14,18H,6-7,13,15H2,1-5H3,(H,25,29). The third-order valence-electron chi connectivity index (χ3n) is 6.13. The van der Waals surface area contributed by atoms with Gasteiger partial charge in [0.05, 0.1) is 23.6 Å². The number of carbonyl (C=O) groups excluding carboxylic acids is 2. The van der Waals surface area contributed by atoms with Crippen molar-refractivity contribution in [3.63, 3.8) is 0 Å². The van der Waals surface area contributed by atoms with E-state index in [-0.39, 0.29) is 35.4 Å². The number of methoxy groups -OCH3 is 1. The first kappa shape index (κ1) is 24.7. The topological polar surface area (TPSA) is 96.0 Å². The average molecular weight is 474 g/mol. The summed E-state index contributed by atoms with van der Waals surface area (Å²) in [6.07, 6.45) is 0.0823. The van der Waals surface area contributed by atoms with Crippen molar-refractivity contribution >= 4 is 33.2 Å². The molecule has 1 N–H and O–H groups in total. The molecule has 0 radical (unpaired) electrons. The Morgan fingerprint density at radius 2 is 1.88 bits per heavy atom. The molecule has 1 fully saturated rings. The van der Waals surface area contributed by atoms with Crippen molar-refractivity contribution in [1.82, 2.24) is 4.31 Å². The summed E-state index contributed by atoms with van der Waals surface area (Å²) >= 11 is 0. The molecule has 8 nitrogen and oxygen atoms in total. The molecule has 2 amide bonds. The number of anilines is 2. The van der Waals surface area contributed by atoms with Crippen molar-refractivity contribution < 1.29 is 22.7 Å². The normalized spacial score (nSPS) is 16.4. The molecule has 0 saturated carbocycles. The number of sulfonamides is 1. The second-order valence-corrected chi connectivity index (χ2v) is 10.0. The number of amides is 2. The Morgan fingerprint density at radius 1 is 1.18 bits per heavy atom. The van der Waals surface area contributed by atoms with Gasteiger partial charge in [0, 0.05) is 31.7 Å². The highest BCUT2D eigenvalue weighted by Gasteiger charge is 2.36. The van der Waals surface area contributed by atoms with Gasteiger partial charge in [-0.2, -0.15) is 4.31 Å². The summed E-state index contributed by atoms with van der Waals surface area (Å²) in [7, 11) is -2.25. The summed E-state index contributed by atoms with van der Waals surface area (Å²) in [5.74, 6) is -0.691. The number of nitrogens with zero attached hydrogens (tertiary/aromatic N) is 2. The molecule has 0 bridgehead atoms. The molecule has 1 atom stereocenters. The highest BCUT2D eigenvalue weighted by Crippen LogP contribution is 2.32. The quantitative estimate of drug-likeness (QED) is 0.634. The van der Waals surface area contributed by atoms with E-state index in [0.717, 1.165) is 16.8 Å². The van der Waals surface area contributed by atoms with E-state index < -0.39 is 15.9 Å². The van der Waals surface area contributed by atoms with Gasteiger partial charge in [-0.1, -0.05) is 26.0 Å². The predicted octanol–water partition coefficient (Wildman–Crippen LogP) is 3.33. The van der Waals surface area contributed by atoms with E-state index in [1.54, 1.807) is 18.7 Å². The zero-order valence-electron chi connectivity index (χ0n) is 19.7. The maximum atomic E-state index is 13.1. The molecule has 2 aromatic rings. The molecule has 3 rings (SSSR count). The van der Waals surface area contributed by atoms with Crippen molar-refractivity contribution in [1.29, 1.82) is 0 Å². The van der Waals surface area contributed by atoms with Gasteiger partial charge in [-0.25, -0.2) is 8.42 Å². The second kappa shape index (κ2) is 9.93. The molecule has 1 heterocycles. The van der Waals surface area contributed by atoms with E-state index in [0.29, 0.717) is 18.8 Å². The van der Waals surface area contributed by atoms with Crippen LogP contribution in [0.1, 0.15) is 31.4 Å². The molecule has 178 valence electrons. The lowest BCUT2D eigenvalue weighted by molar-refractivity contribution is -0.122. The number of aryl methyl sites for hydroxylation is 1. The highest BCUT2D eigenvalue weighted by molar-refractivity contribution is 7.89. The molecular formula is C24H31N3O5S. The number of carbonyl (C=O) groups is 2. The molecule has 0 aromatic heterocycles. The van der Waals surface area contributed by atoms with Gasteiger partial charge in [-0.05, 0) is 49.2 Å². The van der Waals surface area contributed by atoms with E-state index in [1.165, 1.54) is 29.6 Å². The van der Waals surface area contributed by atoms with Crippen LogP contribution in [0.4, 0.5) is 11.4 Å². The molecule has 33 heavy (non-hydrogen) atoms. The van der Waals surface area contributed by atoms with Gasteiger partial charge in [0.1, 0.15) is 5.75 Å². The maximum absolute atomic E-state index is 13.1. The number of benzene rings is 2. The number of nitrogens with one attached hydrogen (secondary N) is 1. The predicted molar refractivity (Wildman–Crippen MR) is 128 cm³/mol. The SMILES string of the molecule is CCN(CC)S(=O)(=O)c1ccc(OC)c(NC(=O)C2CC(=O)N(c3cccc(C)c3C)C2)c1. The number of rotatable bonds is 8. The lowest BCUT2D eigenvalue weighted by Gasteiger charge is -2.21. The molecule has 0 spiro atoms. The highest BCUT2D eigenvalue weighted by atomic mass is 32.2. The Labute approximate surface area is 195 Å². The number of hydrogen-bond acceptors (Lipinski definition) is 5. The largest absolute Gasteiger partial charge is 0.495 e. The third-order valence-corrected chi connectivity index (χ3v) is 8.18. The van der Waals surface area contributed by atoms with Crippen molar-refractivity contribution in [2.45, 2.75) is 39.0 Å². The van der Waals surface area contributed by atoms with Crippen LogP contribution >= 0.6 is 0 Å². The summed E-state index contributed by atoms with van der Waals surface area (Å²) in [4.78, 5) is 27.5. The van der Waals surface area contributed by atoms with Crippen molar-refractivity contribution in [2.75, 3.05) is 37.0 Å². The first-order valence-electron chi connectivity index (χ1n) is 11.0. The van der Waals surface area contributed by atoms with Crippen LogP contribution in [-0.4, -0.2) is 51.3 Å². The molecule has 0 aliphatic carbocycles. The average Bonchev–Trinajstić information content (AvgIpc) is 3.17. The van der Waals surface area contributed by atoms with E-state index >= 15 is 0 Å². The minimum Gasteiger partial charge on any atom is -0.495 e. The van der Waals surface area contributed by atoms with Crippen LogP contribution in [-0.2, 0) is 19.6 Å². The van der Waals surface area contributed by atoms with Crippen LogP contribution in [0.5, 0.6) is 5.75 Å². The van der Waals surface area contributed by atoms with Gasteiger partial charge in [-0.15, -0.1) is 0 Å². The van der Waals surface area contributed by atoms with Gasteiger partial charge >= 0.3 is 0 Å². The molecule has 9 heteroatoms. The summed E-state index contributed by atoms with van der Waals surface area (Å²) in [5.41, 5.74) is 3.14. The van der Waals surface area contributed by atoms with E-state index in [2.05, 4.69) is 5.32 Å². The molecule has 1 aliphatic rings. The third kappa shape index (κ3) is 4.89. The summed E-state index contributed by atoms with van der Waals surface area (Å²) in [6.45, 7) is 8.41. The smallest absolute Gasteiger partial charge is 0.243 e. The summed E-state index contributed by atoms with van der Waals surface area (Å²) in [5, 5.41) is 2.78. The monoisotopic (exact) mass is 473 g/mol. The van der Waals surface area contributed by atoms with Crippen molar-refractivity contribution in [3.8, 4) is 5.75 Å². The Hall–Kier alpha value is -2.91. The first-order valence-corrected chi connectivity index (χ1v) is 12.4. The molecule has 1 aliphatic heterocycles. The molecule has 1 unspecified atom stereocenters. The zero-order chi connectivity index (χ0) is 24.3. The van der Waals surface area contributed by atoms with Crippen LogP contribution < -0.4 is 15.0 Å². The number of ether oxygens (including phenoxy) is 1. The minimum absolute atomic E-state index is 0.0711. The van der Waals surface area contributed by atoms with Gasteiger partial charge in [0.15, 0.2) is 0 Å². The fraction of sp³-hybridized carbons (Fsp3) is 0.417. The van der Waals surface area contributed by atoms with Crippen LogP contribution in [0.15, 0.2) is 41.3 Å². The van der Waals surface area contributed by atoms with Gasteiger partial charge in [0.2, 0.25) is 21.8 Å². The fourth-order valence-corrected chi connectivity index (χ4v) is 5.52. The van der Waals surface area contributed by atoms with Crippen LogP contribution in [0.25, 0.3) is 0 Å². The van der Waals surface area contributed by atoms with Gasteiger partial charge < -0.3 is 15.0 Å². The van der Waals surface area contributed by atoms with Crippen LogP contribution in [0.3, 0.4) is 0 Å². The molecular weight excluding hydrogens is 442 g/mol.